The maximum Gasteiger partial charge on any atom is 0.0426 e. The molecule has 0 saturated carbocycles. The van der Waals surface area contributed by atoms with Crippen LogP contribution in [0.25, 0.3) is 0 Å². The highest BCUT2D eigenvalue weighted by atomic mass is 14.7. The summed E-state index contributed by atoms with van der Waals surface area (Å²) < 4.78 is 0. The summed E-state index contributed by atoms with van der Waals surface area (Å²) in [5.41, 5.74) is 7.48. The lowest BCUT2D eigenvalue weighted by Gasteiger charge is -2.03. The zero-order valence-electron chi connectivity index (χ0n) is 7.04. The largest absolute Gasteiger partial charge is 0.399 e. The smallest absolute Gasteiger partial charge is 0.0426 e. The van der Waals surface area contributed by atoms with Crippen LogP contribution in [0.15, 0.2) is 18.3 Å². The molecule has 0 aromatic carbocycles. The quantitative estimate of drug-likeness (QED) is 0.699. The standard InChI is InChI=1S/C9H14N2/c1-7(2)5-9-6-8(10)3-4-11-9/h3-4,6-7H,5H2,1-2H3,(H2,10,11). The van der Waals surface area contributed by atoms with Gasteiger partial charge in [-0.2, -0.15) is 0 Å². The first-order valence-corrected chi connectivity index (χ1v) is 3.89. The molecule has 0 aliphatic carbocycles. The van der Waals surface area contributed by atoms with Gasteiger partial charge in [0.25, 0.3) is 0 Å². The van der Waals surface area contributed by atoms with Crippen molar-refractivity contribution in [3.8, 4) is 0 Å². The van der Waals surface area contributed by atoms with Crippen molar-refractivity contribution in [1.29, 1.82) is 0 Å². The van der Waals surface area contributed by atoms with Crippen molar-refractivity contribution in [3.05, 3.63) is 24.0 Å². The number of pyridine rings is 1. The van der Waals surface area contributed by atoms with E-state index >= 15 is 0 Å². The van der Waals surface area contributed by atoms with Crippen molar-refractivity contribution < 1.29 is 0 Å². The Bertz CT molecular complexity index is 231. The van der Waals surface area contributed by atoms with Crippen LogP contribution >= 0.6 is 0 Å². The van der Waals surface area contributed by atoms with E-state index in [4.69, 9.17) is 5.73 Å². The molecule has 1 heterocycles. The van der Waals surface area contributed by atoms with Crippen LogP contribution in [0, 0.1) is 5.92 Å². The van der Waals surface area contributed by atoms with Crippen molar-refractivity contribution in [2.45, 2.75) is 20.3 Å². The Balaban J connectivity index is 2.71. The Hall–Kier alpha value is -1.05. The fourth-order valence-corrected chi connectivity index (χ4v) is 1.03. The molecule has 1 aromatic rings. The topological polar surface area (TPSA) is 38.9 Å². The molecule has 0 radical (unpaired) electrons. The van der Waals surface area contributed by atoms with Gasteiger partial charge in [0, 0.05) is 17.6 Å². The van der Waals surface area contributed by atoms with Crippen LogP contribution in [0.1, 0.15) is 19.5 Å². The monoisotopic (exact) mass is 150 g/mol. The number of nitrogens with zero attached hydrogens (tertiary/aromatic N) is 1. The summed E-state index contributed by atoms with van der Waals surface area (Å²) in [7, 11) is 0. The lowest BCUT2D eigenvalue weighted by atomic mass is 10.1. The molecule has 0 fully saturated rings. The van der Waals surface area contributed by atoms with Gasteiger partial charge in [-0.25, -0.2) is 0 Å². The van der Waals surface area contributed by atoms with Gasteiger partial charge in [-0.1, -0.05) is 13.8 Å². The second-order valence-electron chi connectivity index (χ2n) is 3.18. The minimum Gasteiger partial charge on any atom is -0.399 e. The molecular weight excluding hydrogens is 136 g/mol. The Kier molecular flexibility index (Phi) is 2.47. The maximum absolute atomic E-state index is 5.59. The molecule has 0 atom stereocenters. The highest BCUT2D eigenvalue weighted by molar-refractivity contribution is 5.37. The van der Waals surface area contributed by atoms with E-state index in [0.29, 0.717) is 5.92 Å². The van der Waals surface area contributed by atoms with Crippen LogP contribution in [-0.4, -0.2) is 4.98 Å². The molecule has 1 rings (SSSR count). The van der Waals surface area contributed by atoms with E-state index in [9.17, 15) is 0 Å². The molecule has 60 valence electrons. The van der Waals surface area contributed by atoms with E-state index in [-0.39, 0.29) is 0 Å². The number of nitrogens with two attached hydrogens (primary N) is 1. The minimum atomic E-state index is 0.643. The predicted octanol–water partition coefficient (Wildman–Crippen LogP) is 1.86. The average molecular weight is 150 g/mol. The summed E-state index contributed by atoms with van der Waals surface area (Å²) in [5, 5.41) is 0. The number of nitrogen functional groups attached to an aromatic ring is 1. The summed E-state index contributed by atoms with van der Waals surface area (Å²) in [6.07, 6.45) is 2.76. The van der Waals surface area contributed by atoms with Crippen LogP contribution in [0.2, 0.25) is 0 Å². The maximum atomic E-state index is 5.59. The molecule has 0 aliphatic heterocycles. The number of aromatic nitrogens is 1. The van der Waals surface area contributed by atoms with E-state index in [2.05, 4.69) is 18.8 Å². The zero-order valence-corrected chi connectivity index (χ0v) is 7.04. The van der Waals surface area contributed by atoms with Crippen molar-refractivity contribution in [2.75, 3.05) is 5.73 Å². The second kappa shape index (κ2) is 3.37. The average Bonchev–Trinajstić information content (AvgIpc) is 1.85. The highest BCUT2D eigenvalue weighted by Crippen LogP contribution is 2.07. The SMILES string of the molecule is CC(C)Cc1cc(N)ccn1. The van der Waals surface area contributed by atoms with Crippen LogP contribution in [0.3, 0.4) is 0 Å². The molecule has 0 bridgehead atoms. The van der Waals surface area contributed by atoms with Gasteiger partial charge in [-0.05, 0) is 24.5 Å². The zero-order chi connectivity index (χ0) is 8.27. The number of hydrogen-bond acceptors (Lipinski definition) is 2. The van der Waals surface area contributed by atoms with E-state index in [0.717, 1.165) is 17.8 Å². The Labute approximate surface area is 67.5 Å². The summed E-state index contributed by atoms with van der Waals surface area (Å²) >= 11 is 0. The molecule has 2 nitrogen and oxygen atoms in total. The Morgan fingerprint density at radius 3 is 2.82 bits per heavy atom. The fraction of sp³-hybridized carbons (Fsp3) is 0.444. The van der Waals surface area contributed by atoms with Crippen molar-refractivity contribution >= 4 is 5.69 Å². The summed E-state index contributed by atoms with van der Waals surface area (Å²) in [6.45, 7) is 4.34. The Morgan fingerprint density at radius 1 is 1.55 bits per heavy atom. The van der Waals surface area contributed by atoms with E-state index in [1.807, 2.05) is 12.1 Å². The number of hydrogen-bond donors (Lipinski definition) is 1. The third-order valence-electron chi connectivity index (χ3n) is 1.46. The molecule has 1 aromatic heterocycles. The highest BCUT2D eigenvalue weighted by Gasteiger charge is 1.97. The molecule has 0 aliphatic rings. The minimum absolute atomic E-state index is 0.643. The van der Waals surface area contributed by atoms with Crippen molar-refractivity contribution in [2.24, 2.45) is 5.92 Å². The van der Waals surface area contributed by atoms with Crippen molar-refractivity contribution in [3.63, 3.8) is 0 Å². The van der Waals surface area contributed by atoms with Gasteiger partial charge in [0.2, 0.25) is 0 Å². The molecule has 0 spiro atoms. The first-order chi connectivity index (χ1) is 5.18. The molecule has 2 heteroatoms. The predicted molar refractivity (Wildman–Crippen MR) is 47.2 cm³/mol. The second-order valence-corrected chi connectivity index (χ2v) is 3.18. The van der Waals surface area contributed by atoms with Gasteiger partial charge < -0.3 is 5.73 Å². The van der Waals surface area contributed by atoms with Crippen LogP contribution in [-0.2, 0) is 6.42 Å². The third-order valence-corrected chi connectivity index (χ3v) is 1.46. The normalized spacial score (nSPS) is 10.5. The molecule has 0 saturated heterocycles. The van der Waals surface area contributed by atoms with Gasteiger partial charge >= 0.3 is 0 Å². The van der Waals surface area contributed by atoms with Crippen LogP contribution in [0.4, 0.5) is 5.69 Å². The van der Waals surface area contributed by atoms with Gasteiger partial charge in [0.05, 0.1) is 0 Å². The van der Waals surface area contributed by atoms with E-state index < -0.39 is 0 Å². The lowest BCUT2D eigenvalue weighted by Crippen LogP contribution is -1.97. The fourth-order valence-electron chi connectivity index (χ4n) is 1.03. The molecule has 0 unspecified atom stereocenters. The van der Waals surface area contributed by atoms with E-state index in [1.165, 1.54) is 0 Å². The van der Waals surface area contributed by atoms with E-state index in [1.54, 1.807) is 6.20 Å². The van der Waals surface area contributed by atoms with Gasteiger partial charge in [0.15, 0.2) is 0 Å². The van der Waals surface area contributed by atoms with Crippen molar-refractivity contribution in [1.82, 2.24) is 4.98 Å². The van der Waals surface area contributed by atoms with Gasteiger partial charge in [-0.3, -0.25) is 4.98 Å². The van der Waals surface area contributed by atoms with Gasteiger partial charge in [0.1, 0.15) is 0 Å². The third kappa shape index (κ3) is 2.58. The Morgan fingerprint density at radius 2 is 2.27 bits per heavy atom. The first kappa shape index (κ1) is 8.05. The number of rotatable bonds is 2. The molecular formula is C9H14N2. The van der Waals surface area contributed by atoms with Crippen LogP contribution in [0.5, 0.6) is 0 Å². The first-order valence-electron chi connectivity index (χ1n) is 3.89. The van der Waals surface area contributed by atoms with Gasteiger partial charge in [-0.15, -0.1) is 0 Å². The summed E-state index contributed by atoms with van der Waals surface area (Å²) in [6, 6.07) is 3.74. The lowest BCUT2D eigenvalue weighted by molar-refractivity contribution is 0.635. The summed E-state index contributed by atoms with van der Waals surface area (Å²) in [4.78, 5) is 4.20. The van der Waals surface area contributed by atoms with Crippen LogP contribution < -0.4 is 5.73 Å². The molecule has 2 N–H and O–H groups in total. The molecule has 0 amide bonds. The number of anilines is 1. The summed E-state index contributed by atoms with van der Waals surface area (Å²) in [5.74, 6) is 0.643. The molecule has 11 heavy (non-hydrogen) atoms.